The van der Waals surface area contributed by atoms with Crippen molar-refractivity contribution in [2.24, 2.45) is 0 Å². The highest BCUT2D eigenvalue weighted by Crippen LogP contribution is 2.52. The molecule has 2 heterocycles. The van der Waals surface area contributed by atoms with Gasteiger partial charge in [-0.2, -0.15) is 0 Å². The van der Waals surface area contributed by atoms with Crippen LogP contribution in [0.2, 0.25) is 0 Å². The molecule has 0 amide bonds. The Balaban J connectivity index is 1.69. The van der Waals surface area contributed by atoms with Crippen molar-refractivity contribution in [1.29, 1.82) is 0 Å². The third-order valence-electron chi connectivity index (χ3n) is 3.67. The van der Waals surface area contributed by atoms with Crippen LogP contribution < -0.4 is 4.90 Å². The molecule has 2 aromatic rings. The summed E-state index contributed by atoms with van der Waals surface area (Å²) in [5.74, 6) is 0. The molecule has 2 aliphatic rings. The third kappa shape index (κ3) is 1.78. The van der Waals surface area contributed by atoms with E-state index in [1.54, 1.807) is 11.8 Å². The van der Waals surface area contributed by atoms with E-state index < -0.39 is 11.2 Å². The third-order valence-corrected chi connectivity index (χ3v) is 7.22. The summed E-state index contributed by atoms with van der Waals surface area (Å²) in [6, 6.07) is 18.6. The molecule has 2 aliphatic heterocycles. The number of rotatable bonds is 1. The van der Waals surface area contributed by atoms with Gasteiger partial charge in [0.05, 0.1) is 12.2 Å². The highest BCUT2D eigenvalue weighted by atomic mass is 32.3. The molecule has 2 aromatic carbocycles. The lowest BCUT2D eigenvalue weighted by atomic mass is 10.1. The van der Waals surface area contributed by atoms with E-state index in [1.165, 1.54) is 16.1 Å². The van der Waals surface area contributed by atoms with E-state index in [2.05, 4.69) is 35.2 Å². The maximum absolute atomic E-state index is 12.7. The molecule has 96 valence electrons. The maximum atomic E-state index is 12.7. The molecule has 0 spiro atoms. The molecular formula is C15H13NOS2. The second-order valence-corrected chi connectivity index (χ2v) is 7.87. The smallest absolute Gasteiger partial charge is 0.241 e. The number of para-hydroxylation sites is 1. The maximum Gasteiger partial charge on any atom is 0.241 e. The summed E-state index contributed by atoms with van der Waals surface area (Å²) in [6.45, 7) is 0.852. The zero-order valence-corrected chi connectivity index (χ0v) is 11.9. The number of benzene rings is 2. The van der Waals surface area contributed by atoms with Crippen molar-refractivity contribution in [2.45, 2.75) is 14.9 Å². The monoisotopic (exact) mass is 287 g/mol. The summed E-state index contributed by atoms with van der Waals surface area (Å²) in [5, 5.41) is 0.132. The van der Waals surface area contributed by atoms with Gasteiger partial charge in [0, 0.05) is 10.5 Å². The van der Waals surface area contributed by atoms with Gasteiger partial charge in [0.1, 0.15) is 0 Å². The molecule has 0 aliphatic carbocycles. The topological polar surface area (TPSA) is 26.3 Å². The molecular weight excluding hydrogens is 274 g/mol. The first-order valence-electron chi connectivity index (χ1n) is 6.31. The average Bonchev–Trinajstić information content (AvgIpc) is 2.98. The minimum atomic E-state index is -0.854. The predicted octanol–water partition coefficient (Wildman–Crippen LogP) is 3.39. The number of anilines is 1. The highest BCUT2D eigenvalue weighted by molar-refractivity contribution is 8.14. The quantitative estimate of drug-likeness (QED) is 0.752. The first-order chi connectivity index (χ1) is 9.34. The second-order valence-electron chi connectivity index (χ2n) is 4.77. The lowest BCUT2D eigenvalue weighted by molar-refractivity contribution is 0.591. The van der Waals surface area contributed by atoms with E-state index in [9.17, 15) is 4.55 Å². The van der Waals surface area contributed by atoms with Gasteiger partial charge in [0.15, 0.2) is 5.25 Å². The largest absolute Gasteiger partial charge is 0.613 e. The Morgan fingerprint density at radius 3 is 2.63 bits per heavy atom. The first kappa shape index (κ1) is 11.7. The van der Waals surface area contributed by atoms with E-state index in [1.807, 2.05) is 24.3 Å². The van der Waals surface area contributed by atoms with E-state index >= 15 is 0 Å². The van der Waals surface area contributed by atoms with Crippen molar-refractivity contribution in [1.82, 2.24) is 0 Å². The number of hydrogen-bond acceptors (Lipinski definition) is 3. The van der Waals surface area contributed by atoms with E-state index in [4.69, 9.17) is 0 Å². The minimum absolute atomic E-state index is 0.0857. The normalized spacial score (nSPS) is 28.3. The Labute approximate surface area is 120 Å². The van der Waals surface area contributed by atoms with Crippen LogP contribution in [0.3, 0.4) is 0 Å². The Kier molecular flexibility index (Phi) is 2.76. The van der Waals surface area contributed by atoms with Crippen LogP contribution >= 0.6 is 11.8 Å². The van der Waals surface area contributed by atoms with Crippen molar-refractivity contribution < 1.29 is 4.55 Å². The zero-order valence-electron chi connectivity index (χ0n) is 10.2. The average molecular weight is 287 g/mol. The van der Waals surface area contributed by atoms with Crippen LogP contribution in [-0.4, -0.2) is 15.8 Å². The number of thioether (sulfide) groups is 1. The number of nitrogens with zero attached hydrogens (tertiary/aromatic N) is 1. The summed E-state index contributed by atoms with van der Waals surface area (Å²) in [6.07, 6.45) is 0. The molecule has 3 unspecified atom stereocenters. The van der Waals surface area contributed by atoms with Crippen molar-refractivity contribution >= 4 is 28.6 Å². The molecule has 0 saturated carbocycles. The second kappa shape index (κ2) is 4.47. The Hall–Kier alpha value is -1.10. The van der Waals surface area contributed by atoms with Crippen molar-refractivity contribution in [2.75, 3.05) is 11.4 Å². The van der Waals surface area contributed by atoms with Gasteiger partial charge in [0.2, 0.25) is 4.71 Å². The summed E-state index contributed by atoms with van der Waals surface area (Å²) in [7, 11) is 0. The number of hydrogen-bond donors (Lipinski definition) is 0. The van der Waals surface area contributed by atoms with Crippen LogP contribution in [0.5, 0.6) is 0 Å². The summed E-state index contributed by atoms with van der Waals surface area (Å²) in [4.78, 5) is 3.56. The van der Waals surface area contributed by atoms with Gasteiger partial charge in [-0.05, 0) is 35.1 Å². The van der Waals surface area contributed by atoms with E-state index in [0.29, 0.717) is 0 Å². The SMILES string of the molecule is [O-][S+]1C(c2ccccc2)CN2c3ccccc3SC21. The Morgan fingerprint density at radius 2 is 1.79 bits per heavy atom. The van der Waals surface area contributed by atoms with E-state index in [0.717, 1.165) is 6.54 Å². The highest BCUT2D eigenvalue weighted by Gasteiger charge is 2.50. The van der Waals surface area contributed by atoms with Gasteiger partial charge in [0.25, 0.3) is 0 Å². The molecule has 0 bridgehead atoms. The van der Waals surface area contributed by atoms with Crippen LogP contribution in [0.1, 0.15) is 10.8 Å². The van der Waals surface area contributed by atoms with Crippen LogP contribution in [0.4, 0.5) is 5.69 Å². The van der Waals surface area contributed by atoms with E-state index in [-0.39, 0.29) is 9.96 Å². The Morgan fingerprint density at radius 1 is 1.05 bits per heavy atom. The molecule has 4 heteroatoms. The van der Waals surface area contributed by atoms with Gasteiger partial charge >= 0.3 is 0 Å². The zero-order chi connectivity index (χ0) is 12.8. The fourth-order valence-electron chi connectivity index (χ4n) is 2.74. The minimum Gasteiger partial charge on any atom is -0.613 e. The van der Waals surface area contributed by atoms with Gasteiger partial charge in [-0.15, -0.1) is 0 Å². The van der Waals surface area contributed by atoms with Crippen molar-refractivity contribution in [3.8, 4) is 0 Å². The summed E-state index contributed by atoms with van der Waals surface area (Å²) >= 11 is 0.885. The molecule has 1 fully saturated rings. The first-order valence-corrected chi connectivity index (χ1v) is 8.47. The molecule has 0 radical (unpaired) electrons. The standard InChI is InChI=1S/C15H13NOS2/c17-19-14(11-6-2-1-3-7-11)10-16-12-8-4-5-9-13(12)18-15(16)19/h1-9,14-15H,10H2. The number of fused-ring (bicyclic) bond motifs is 3. The lowest BCUT2D eigenvalue weighted by Gasteiger charge is -2.16. The molecule has 2 nitrogen and oxygen atoms in total. The van der Waals surface area contributed by atoms with Crippen LogP contribution in [0.15, 0.2) is 59.5 Å². The summed E-state index contributed by atoms with van der Waals surface area (Å²) < 4.78 is 12.8. The Bertz CT molecular complexity index is 604. The van der Waals surface area contributed by atoms with Gasteiger partial charge < -0.3 is 9.45 Å². The van der Waals surface area contributed by atoms with Crippen LogP contribution in [0, 0.1) is 0 Å². The van der Waals surface area contributed by atoms with Crippen molar-refractivity contribution in [3.63, 3.8) is 0 Å². The van der Waals surface area contributed by atoms with Gasteiger partial charge in [-0.1, -0.05) is 42.5 Å². The van der Waals surface area contributed by atoms with Gasteiger partial charge in [-0.3, -0.25) is 0 Å². The fraction of sp³-hybridized carbons (Fsp3) is 0.200. The molecule has 0 aromatic heterocycles. The van der Waals surface area contributed by atoms with Crippen LogP contribution in [-0.2, 0) is 11.2 Å². The molecule has 1 saturated heterocycles. The molecule has 19 heavy (non-hydrogen) atoms. The van der Waals surface area contributed by atoms with Gasteiger partial charge in [-0.25, -0.2) is 0 Å². The molecule has 4 rings (SSSR count). The van der Waals surface area contributed by atoms with Crippen LogP contribution in [0.25, 0.3) is 0 Å². The molecule has 3 atom stereocenters. The van der Waals surface area contributed by atoms with Crippen molar-refractivity contribution in [3.05, 3.63) is 60.2 Å². The molecule has 0 N–H and O–H groups in total. The predicted molar refractivity (Wildman–Crippen MR) is 80.8 cm³/mol. The lowest BCUT2D eigenvalue weighted by Crippen LogP contribution is -2.25. The fourth-order valence-corrected chi connectivity index (χ4v) is 6.30. The summed E-state index contributed by atoms with van der Waals surface area (Å²) in [5.41, 5.74) is 2.43.